The second-order valence-corrected chi connectivity index (χ2v) is 6.02. The van der Waals surface area contributed by atoms with Gasteiger partial charge in [-0.2, -0.15) is 4.98 Å². The molecule has 0 bridgehead atoms. The van der Waals surface area contributed by atoms with E-state index < -0.39 is 0 Å². The van der Waals surface area contributed by atoms with Gasteiger partial charge in [0.25, 0.3) is 0 Å². The lowest BCUT2D eigenvalue weighted by Gasteiger charge is -2.15. The Morgan fingerprint density at radius 1 is 1.29 bits per heavy atom. The second kappa shape index (κ2) is 6.89. The summed E-state index contributed by atoms with van der Waals surface area (Å²) < 4.78 is 6.92. The Bertz CT molecular complexity index is 629. The van der Waals surface area contributed by atoms with Crippen molar-refractivity contribution in [3.8, 4) is 11.6 Å². The van der Waals surface area contributed by atoms with Gasteiger partial charge in [-0.25, -0.2) is 4.98 Å². The predicted molar refractivity (Wildman–Crippen MR) is 89.2 cm³/mol. The number of aromatic nitrogens is 2. The third-order valence-corrected chi connectivity index (χ3v) is 3.48. The maximum Gasteiger partial charge on any atom is 0.227 e. The van der Waals surface area contributed by atoms with Crippen molar-refractivity contribution in [1.29, 1.82) is 0 Å². The number of hydrogen-bond donors (Lipinski definition) is 1. The van der Waals surface area contributed by atoms with Crippen LogP contribution in [0.4, 0.5) is 5.82 Å². The quantitative estimate of drug-likeness (QED) is 0.834. The largest absolute Gasteiger partial charge is 0.439 e. The molecule has 0 spiro atoms. The molecule has 2 rings (SSSR count). The molecule has 2 aromatic rings. The Hall–Kier alpha value is -1.62. The fourth-order valence-corrected chi connectivity index (χ4v) is 2.23. The van der Waals surface area contributed by atoms with Crippen molar-refractivity contribution in [1.82, 2.24) is 9.97 Å². The van der Waals surface area contributed by atoms with E-state index >= 15 is 0 Å². The molecule has 4 nitrogen and oxygen atoms in total. The summed E-state index contributed by atoms with van der Waals surface area (Å²) in [6.45, 7) is 8.97. The number of nitrogens with one attached hydrogen (secondary N) is 1. The van der Waals surface area contributed by atoms with Gasteiger partial charge in [0.05, 0.1) is 5.56 Å². The van der Waals surface area contributed by atoms with E-state index in [2.05, 4.69) is 45.1 Å². The Kier molecular flexibility index (Phi) is 5.17. The van der Waals surface area contributed by atoms with Gasteiger partial charge in [0, 0.05) is 16.9 Å². The van der Waals surface area contributed by atoms with Crippen LogP contribution in [0.3, 0.4) is 0 Å². The topological polar surface area (TPSA) is 47.0 Å². The Balaban J connectivity index is 2.41. The Morgan fingerprint density at radius 3 is 2.67 bits per heavy atom. The molecule has 1 heterocycles. The van der Waals surface area contributed by atoms with Crippen LogP contribution in [0.1, 0.15) is 38.1 Å². The number of rotatable bonds is 5. The van der Waals surface area contributed by atoms with Crippen molar-refractivity contribution in [3.05, 3.63) is 40.1 Å². The normalized spacial score (nSPS) is 10.8. The van der Waals surface area contributed by atoms with E-state index in [9.17, 15) is 0 Å². The van der Waals surface area contributed by atoms with Gasteiger partial charge >= 0.3 is 0 Å². The lowest BCUT2D eigenvalue weighted by atomic mass is 10.2. The van der Waals surface area contributed by atoms with E-state index in [1.165, 1.54) is 0 Å². The third-order valence-electron chi connectivity index (χ3n) is 2.99. The summed E-state index contributed by atoms with van der Waals surface area (Å²) >= 11 is 3.45. The van der Waals surface area contributed by atoms with Crippen LogP contribution in [0.25, 0.3) is 0 Å². The first-order valence-corrected chi connectivity index (χ1v) is 7.86. The zero-order valence-corrected chi connectivity index (χ0v) is 14.4. The van der Waals surface area contributed by atoms with E-state index in [-0.39, 0.29) is 5.92 Å². The zero-order chi connectivity index (χ0) is 15.4. The van der Waals surface area contributed by atoms with Gasteiger partial charge in [-0.15, -0.1) is 0 Å². The van der Waals surface area contributed by atoms with Crippen molar-refractivity contribution in [2.45, 2.75) is 33.6 Å². The molecule has 0 aliphatic carbocycles. The molecule has 0 aliphatic rings. The van der Waals surface area contributed by atoms with Gasteiger partial charge in [-0.1, -0.05) is 35.8 Å². The molecule has 1 aromatic carbocycles. The minimum atomic E-state index is 0.243. The highest BCUT2D eigenvalue weighted by Gasteiger charge is 2.14. The van der Waals surface area contributed by atoms with Crippen molar-refractivity contribution < 1.29 is 4.74 Å². The van der Waals surface area contributed by atoms with E-state index in [1.54, 1.807) is 0 Å². The highest BCUT2D eigenvalue weighted by molar-refractivity contribution is 9.10. The molecule has 0 saturated carbocycles. The summed E-state index contributed by atoms with van der Waals surface area (Å²) in [5.41, 5.74) is 0.918. The number of hydrogen-bond acceptors (Lipinski definition) is 4. The monoisotopic (exact) mass is 349 g/mol. The maximum absolute atomic E-state index is 5.95. The Labute approximate surface area is 134 Å². The van der Waals surface area contributed by atoms with E-state index in [0.717, 1.165) is 34.0 Å². The summed E-state index contributed by atoms with van der Waals surface area (Å²) in [5.74, 6) is 3.21. The molecule has 0 unspecified atom stereocenters. The van der Waals surface area contributed by atoms with Gasteiger partial charge in [0.2, 0.25) is 5.88 Å². The molecule has 0 fully saturated rings. The molecule has 1 N–H and O–H groups in total. The highest BCUT2D eigenvalue weighted by atomic mass is 79.9. The van der Waals surface area contributed by atoms with Crippen molar-refractivity contribution in [2.24, 2.45) is 0 Å². The number of anilines is 1. The van der Waals surface area contributed by atoms with Gasteiger partial charge in [-0.05, 0) is 32.0 Å². The van der Waals surface area contributed by atoms with E-state index in [1.807, 2.05) is 38.1 Å². The fraction of sp³-hybridized carbons (Fsp3) is 0.375. The summed E-state index contributed by atoms with van der Waals surface area (Å²) in [5, 5.41) is 3.27. The SMILES string of the molecule is CCNc1nc(C(C)C)nc(Oc2cccc(Br)c2)c1C. The van der Waals surface area contributed by atoms with Crippen molar-refractivity contribution in [3.63, 3.8) is 0 Å². The molecular weight excluding hydrogens is 330 g/mol. The molecule has 0 saturated heterocycles. The van der Waals surface area contributed by atoms with Crippen LogP contribution in [0.2, 0.25) is 0 Å². The number of halogens is 1. The van der Waals surface area contributed by atoms with Crippen LogP contribution in [-0.2, 0) is 0 Å². The molecule has 5 heteroatoms. The first kappa shape index (κ1) is 15.8. The van der Waals surface area contributed by atoms with Crippen molar-refractivity contribution in [2.75, 3.05) is 11.9 Å². The van der Waals surface area contributed by atoms with Crippen LogP contribution >= 0.6 is 15.9 Å². The predicted octanol–water partition coefficient (Wildman–Crippen LogP) is 4.90. The fourth-order valence-electron chi connectivity index (χ4n) is 1.85. The summed E-state index contributed by atoms with van der Waals surface area (Å²) in [6, 6.07) is 7.73. The average molecular weight is 350 g/mol. The molecule has 112 valence electrons. The second-order valence-electron chi connectivity index (χ2n) is 5.11. The van der Waals surface area contributed by atoms with E-state index in [0.29, 0.717) is 5.88 Å². The smallest absolute Gasteiger partial charge is 0.227 e. The van der Waals surface area contributed by atoms with Crippen LogP contribution in [0, 0.1) is 6.92 Å². The van der Waals surface area contributed by atoms with E-state index in [4.69, 9.17) is 4.74 Å². The minimum absolute atomic E-state index is 0.243. The standard InChI is InChI=1S/C16H20BrN3O/c1-5-18-15-11(4)16(20-14(19-15)10(2)3)21-13-8-6-7-12(17)9-13/h6-10H,5H2,1-4H3,(H,18,19,20). The molecular formula is C16H20BrN3O. The Morgan fingerprint density at radius 2 is 2.05 bits per heavy atom. The van der Waals surface area contributed by atoms with Gasteiger partial charge in [0.15, 0.2) is 0 Å². The van der Waals surface area contributed by atoms with Crippen LogP contribution in [-0.4, -0.2) is 16.5 Å². The van der Waals surface area contributed by atoms with Gasteiger partial charge in [0.1, 0.15) is 17.4 Å². The van der Waals surface area contributed by atoms with Crippen molar-refractivity contribution >= 4 is 21.7 Å². The zero-order valence-electron chi connectivity index (χ0n) is 12.8. The van der Waals surface area contributed by atoms with Crippen LogP contribution < -0.4 is 10.1 Å². The summed E-state index contributed by atoms with van der Waals surface area (Å²) in [7, 11) is 0. The molecule has 1 aromatic heterocycles. The lowest BCUT2D eigenvalue weighted by molar-refractivity contribution is 0.453. The number of benzene rings is 1. The first-order chi connectivity index (χ1) is 10.0. The molecule has 0 radical (unpaired) electrons. The first-order valence-electron chi connectivity index (χ1n) is 7.07. The third kappa shape index (κ3) is 3.94. The summed E-state index contributed by atoms with van der Waals surface area (Å²) in [6.07, 6.45) is 0. The number of ether oxygens (including phenoxy) is 1. The maximum atomic E-state index is 5.95. The molecule has 0 aliphatic heterocycles. The summed E-state index contributed by atoms with van der Waals surface area (Å²) in [4.78, 5) is 9.12. The van der Waals surface area contributed by atoms with Crippen LogP contribution in [0.15, 0.2) is 28.7 Å². The van der Waals surface area contributed by atoms with Gasteiger partial charge < -0.3 is 10.1 Å². The highest BCUT2D eigenvalue weighted by Crippen LogP contribution is 2.29. The molecule has 21 heavy (non-hydrogen) atoms. The van der Waals surface area contributed by atoms with Crippen LogP contribution in [0.5, 0.6) is 11.6 Å². The van der Waals surface area contributed by atoms with Gasteiger partial charge in [-0.3, -0.25) is 0 Å². The number of nitrogens with zero attached hydrogens (tertiary/aromatic N) is 2. The molecule has 0 amide bonds. The molecule has 0 atom stereocenters. The minimum Gasteiger partial charge on any atom is -0.439 e. The average Bonchev–Trinajstić information content (AvgIpc) is 2.43. The lowest BCUT2D eigenvalue weighted by Crippen LogP contribution is -2.08.